The number of rotatable bonds is 8. The van der Waals surface area contributed by atoms with Crippen LogP contribution in [0.4, 0.5) is 0 Å². The highest BCUT2D eigenvalue weighted by molar-refractivity contribution is 7.90. The number of benzene rings is 1. The molecule has 1 aliphatic carbocycles. The SMILES string of the molecule is Cn1c(=O)c(C(=O)NCc2ccc(C#N)cc2)cc2cnnc(OCC3(S(=O)(=O)N4CCOCC4)CC3)c21. The van der Waals surface area contributed by atoms with Crippen LogP contribution in [0.1, 0.15) is 34.3 Å². The molecule has 1 amide bonds. The van der Waals surface area contributed by atoms with E-state index in [9.17, 15) is 18.0 Å². The molecule has 0 spiro atoms. The molecule has 5 rings (SSSR count). The minimum atomic E-state index is -3.60. The first kappa shape index (κ1) is 25.8. The minimum Gasteiger partial charge on any atom is -0.473 e. The summed E-state index contributed by atoms with van der Waals surface area (Å²) in [5, 5.41) is 20.0. The molecule has 1 N–H and O–H groups in total. The smallest absolute Gasteiger partial charge is 0.263 e. The number of morpholine rings is 1. The molecule has 1 saturated heterocycles. The number of hydrogen-bond donors (Lipinski definition) is 1. The molecule has 198 valence electrons. The van der Waals surface area contributed by atoms with Crippen molar-refractivity contribution in [3.63, 3.8) is 0 Å². The van der Waals surface area contributed by atoms with Crippen molar-refractivity contribution in [2.45, 2.75) is 24.1 Å². The molecule has 0 radical (unpaired) electrons. The van der Waals surface area contributed by atoms with Crippen molar-refractivity contribution >= 4 is 26.8 Å². The number of carbonyl (C=O) groups excluding carboxylic acids is 1. The third kappa shape index (κ3) is 4.73. The lowest BCUT2D eigenvalue weighted by Crippen LogP contribution is -2.48. The summed E-state index contributed by atoms with van der Waals surface area (Å²) in [5.41, 5.74) is 0.954. The van der Waals surface area contributed by atoms with Crippen LogP contribution in [0.3, 0.4) is 0 Å². The van der Waals surface area contributed by atoms with Crippen molar-refractivity contribution in [3.05, 3.63) is 63.6 Å². The number of fused-ring (bicyclic) bond motifs is 1. The molecule has 3 heterocycles. The molecule has 2 fully saturated rings. The molecule has 2 aliphatic rings. The predicted octanol–water partition coefficient (Wildman–Crippen LogP) is 0.704. The van der Waals surface area contributed by atoms with E-state index in [4.69, 9.17) is 14.7 Å². The zero-order valence-corrected chi connectivity index (χ0v) is 21.5. The maximum absolute atomic E-state index is 13.2. The molecule has 13 heteroatoms. The number of sulfonamides is 1. The molecule has 3 aromatic rings. The molecule has 0 bridgehead atoms. The van der Waals surface area contributed by atoms with E-state index in [1.165, 1.54) is 28.2 Å². The number of pyridine rings is 1. The molecule has 1 aliphatic heterocycles. The van der Waals surface area contributed by atoms with Gasteiger partial charge in [0.1, 0.15) is 22.4 Å². The first-order valence-electron chi connectivity index (χ1n) is 12.1. The van der Waals surface area contributed by atoms with Gasteiger partial charge in [-0.1, -0.05) is 12.1 Å². The van der Waals surface area contributed by atoms with Crippen LogP contribution in [0.5, 0.6) is 5.88 Å². The number of carbonyl (C=O) groups is 1. The average molecular weight is 539 g/mol. The summed E-state index contributed by atoms with van der Waals surface area (Å²) < 4.78 is 39.3. The Morgan fingerprint density at radius 2 is 1.95 bits per heavy atom. The summed E-state index contributed by atoms with van der Waals surface area (Å²) in [6.45, 7) is 1.38. The van der Waals surface area contributed by atoms with Crippen LogP contribution in [0.2, 0.25) is 0 Å². The van der Waals surface area contributed by atoms with Gasteiger partial charge in [0.05, 0.1) is 31.0 Å². The highest BCUT2D eigenvalue weighted by Crippen LogP contribution is 2.45. The zero-order chi connectivity index (χ0) is 26.9. The Kier molecular flexibility index (Phi) is 6.87. The van der Waals surface area contributed by atoms with Crippen LogP contribution in [0.15, 0.2) is 41.3 Å². The number of amides is 1. The van der Waals surface area contributed by atoms with Gasteiger partial charge in [0.15, 0.2) is 0 Å². The molecular weight excluding hydrogens is 512 g/mol. The monoisotopic (exact) mass is 538 g/mol. The second-order valence-electron chi connectivity index (χ2n) is 9.36. The Labute approximate surface area is 218 Å². The number of aryl methyl sites for hydroxylation is 1. The first-order valence-corrected chi connectivity index (χ1v) is 13.5. The van der Waals surface area contributed by atoms with Gasteiger partial charge in [-0.15, -0.1) is 5.10 Å². The van der Waals surface area contributed by atoms with E-state index in [0.717, 1.165) is 5.56 Å². The van der Waals surface area contributed by atoms with E-state index in [-0.39, 0.29) is 24.6 Å². The topological polar surface area (TPSA) is 157 Å². The predicted molar refractivity (Wildman–Crippen MR) is 136 cm³/mol. The molecule has 2 aromatic heterocycles. The maximum Gasteiger partial charge on any atom is 0.263 e. The summed E-state index contributed by atoms with van der Waals surface area (Å²) in [7, 11) is -2.11. The van der Waals surface area contributed by atoms with Crippen LogP contribution >= 0.6 is 0 Å². The lowest BCUT2D eigenvalue weighted by Gasteiger charge is -2.30. The summed E-state index contributed by atoms with van der Waals surface area (Å²) in [4.78, 5) is 25.9. The first-order chi connectivity index (χ1) is 18.3. The molecule has 0 unspecified atom stereocenters. The van der Waals surface area contributed by atoms with Crippen molar-refractivity contribution < 1.29 is 22.7 Å². The minimum absolute atomic E-state index is 0.0232. The van der Waals surface area contributed by atoms with E-state index in [0.29, 0.717) is 55.6 Å². The molecule has 12 nitrogen and oxygen atoms in total. The zero-order valence-electron chi connectivity index (χ0n) is 20.7. The van der Waals surface area contributed by atoms with Gasteiger partial charge >= 0.3 is 0 Å². The molecule has 38 heavy (non-hydrogen) atoms. The third-order valence-corrected chi connectivity index (χ3v) is 9.57. The van der Waals surface area contributed by atoms with Gasteiger partial charge in [-0.2, -0.15) is 14.7 Å². The van der Waals surface area contributed by atoms with Crippen LogP contribution in [-0.2, 0) is 28.4 Å². The standard InChI is InChI=1S/C25H26N6O6S/c1-30-21-19(12-20(24(30)33)22(32)27-14-18-4-2-17(13-26)3-5-18)15-28-29-23(21)37-16-25(6-7-25)38(34,35)31-8-10-36-11-9-31/h2-5,12,15H,6-11,14,16H2,1H3,(H,27,32). The van der Waals surface area contributed by atoms with Gasteiger partial charge in [0.2, 0.25) is 10.0 Å². The maximum atomic E-state index is 13.2. The van der Waals surface area contributed by atoms with Crippen LogP contribution in [0.25, 0.3) is 10.9 Å². The van der Waals surface area contributed by atoms with E-state index < -0.39 is 26.2 Å². The Balaban J connectivity index is 1.35. The molecule has 1 aromatic carbocycles. The molecular formula is C25H26N6O6S. The van der Waals surface area contributed by atoms with Gasteiger partial charge < -0.3 is 19.4 Å². The van der Waals surface area contributed by atoms with E-state index in [1.54, 1.807) is 24.3 Å². The Bertz CT molecular complexity index is 1590. The van der Waals surface area contributed by atoms with Crippen molar-refractivity contribution in [1.29, 1.82) is 5.26 Å². The van der Waals surface area contributed by atoms with Gasteiger partial charge in [0.25, 0.3) is 17.3 Å². The highest BCUT2D eigenvalue weighted by atomic mass is 32.2. The van der Waals surface area contributed by atoms with Gasteiger partial charge in [0, 0.05) is 32.1 Å². The number of aromatic nitrogens is 3. The summed E-state index contributed by atoms with van der Waals surface area (Å²) in [6, 6.07) is 10.2. The van der Waals surface area contributed by atoms with E-state index in [2.05, 4.69) is 15.5 Å². The molecule has 0 atom stereocenters. The van der Waals surface area contributed by atoms with Crippen LogP contribution < -0.4 is 15.6 Å². The average Bonchev–Trinajstić information content (AvgIpc) is 3.75. The fraction of sp³-hybridized carbons (Fsp3) is 0.400. The van der Waals surface area contributed by atoms with Gasteiger partial charge in [-0.25, -0.2) is 8.42 Å². The van der Waals surface area contributed by atoms with E-state index in [1.807, 2.05) is 6.07 Å². The van der Waals surface area contributed by atoms with Crippen molar-refractivity contribution in [3.8, 4) is 11.9 Å². The fourth-order valence-electron chi connectivity index (χ4n) is 4.43. The number of ether oxygens (including phenoxy) is 2. The second kappa shape index (κ2) is 10.1. The third-order valence-electron chi connectivity index (χ3n) is 6.91. The number of nitriles is 1. The number of hydrogen-bond acceptors (Lipinski definition) is 9. The van der Waals surface area contributed by atoms with Crippen LogP contribution in [0, 0.1) is 11.3 Å². The number of nitrogens with one attached hydrogen (secondary N) is 1. The van der Waals surface area contributed by atoms with Crippen molar-refractivity contribution in [1.82, 2.24) is 24.4 Å². The summed E-state index contributed by atoms with van der Waals surface area (Å²) in [6.07, 6.45) is 2.34. The molecule has 1 saturated carbocycles. The fourth-order valence-corrected chi connectivity index (χ4v) is 6.43. The van der Waals surface area contributed by atoms with E-state index >= 15 is 0 Å². The highest BCUT2D eigenvalue weighted by Gasteiger charge is 2.58. The normalized spacial score (nSPS) is 17.1. The largest absolute Gasteiger partial charge is 0.473 e. The summed E-state index contributed by atoms with van der Waals surface area (Å²) >= 11 is 0. The Hall–Kier alpha value is -3.86. The summed E-state index contributed by atoms with van der Waals surface area (Å²) in [5.74, 6) is -0.542. The lowest BCUT2D eigenvalue weighted by atomic mass is 10.1. The van der Waals surface area contributed by atoms with Gasteiger partial charge in [-0.3, -0.25) is 9.59 Å². The lowest BCUT2D eigenvalue weighted by molar-refractivity contribution is 0.0720. The van der Waals surface area contributed by atoms with Crippen molar-refractivity contribution in [2.75, 3.05) is 32.9 Å². The van der Waals surface area contributed by atoms with Crippen molar-refractivity contribution in [2.24, 2.45) is 7.05 Å². The quantitative estimate of drug-likeness (QED) is 0.436. The van der Waals surface area contributed by atoms with Crippen LogP contribution in [-0.4, -0.2) is 71.1 Å². The van der Waals surface area contributed by atoms with Gasteiger partial charge in [-0.05, 0) is 36.6 Å². The Morgan fingerprint density at radius 1 is 1.24 bits per heavy atom. The second-order valence-corrected chi connectivity index (χ2v) is 11.7. The number of nitrogens with zero attached hydrogens (tertiary/aromatic N) is 5. The Morgan fingerprint density at radius 3 is 2.61 bits per heavy atom.